The molecule has 0 aliphatic carbocycles. The molecule has 4 heterocycles. The van der Waals surface area contributed by atoms with Gasteiger partial charge in [0.1, 0.15) is 11.9 Å². The molecule has 1 unspecified atom stereocenters. The molecule has 178 valence electrons. The molecule has 1 amide bonds. The number of methoxy groups -OCH3 is 1. The molecule has 3 aliphatic rings. The number of anilines is 1. The van der Waals surface area contributed by atoms with Crippen LogP contribution in [0, 0.1) is 11.8 Å². The van der Waals surface area contributed by atoms with Crippen LogP contribution in [0.3, 0.4) is 0 Å². The fourth-order valence-corrected chi connectivity index (χ4v) is 5.77. The largest absolute Gasteiger partial charge is 0.497 e. The highest BCUT2D eigenvalue weighted by molar-refractivity contribution is 5.88. The summed E-state index contributed by atoms with van der Waals surface area (Å²) < 4.78 is 11.9. The van der Waals surface area contributed by atoms with Gasteiger partial charge < -0.3 is 9.47 Å². The van der Waals surface area contributed by atoms with E-state index in [1.807, 2.05) is 60.8 Å². The van der Waals surface area contributed by atoms with Gasteiger partial charge in [0.15, 0.2) is 0 Å². The number of aromatic nitrogens is 1. The van der Waals surface area contributed by atoms with Crippen LogP contribution in [0.4, 0.5) is 10.5 Å². The maximum absolute atomic E-state index is 13.4. The van der Waals surface area contributed by atoms with Crippen molar-refractivity contribution in [2.24, 2.45) is 11.8 Å². The minimum absolute atomic E-state index is 0.145. The zero-order chi connectivity index (χ0) is 23.7. The highest BCUT2D eigenvalue weighted by atomic mass is 16.6. The third kappa shape index (κ3) is 4.23. The lowest BCUT2D eigenvalue weighted by molar-refractivity contribution is -0.0592. The summed E-state index contributed by atoms with van der Waals surface area (Å²) >= 11 is 0. The van der Waals surface area contributed by atoms with Crippen molar-refractivity contribution in [3.8, 4) is 5.75 Å². The van der Waals surface area contributed by atoms with Gasteiger partial charge >= 0.3 is 6.09 Å². The highest BCUT2D eigenvalue weighted by Crippen LogP contribution is 2.44. The summed E-state index contributed by atoms with van der Waals surface area (Å²) in [5.41, 5.74) is 2.67. The van der Waals surface area contributed by atoms with E-state index in [1.165, 1.54) is 12.8 Å². The average molecular weight is 460 g/mol. The van der Waals surface area contributed by atoms with Gasteiger partial charge in [0, 0.05) is 36.4 Å². The molecule has 3 aliphatic heterocycles. The molecule has 2 aromatic carbocycles. The number of carbonyl (C=O) groups is 1. The zero-order valence-electron chi connectivity index (χ0n) is 20.2. The van der Waals surface area contributed by atoms with Crippen LogP contribution >= 0.6 is 0 Å². The Kier molecular flexibility index (Phi) is 6.42. The first-order chi connectivity index (χ1) is 16.6. The van der Waals surface area contributed by atoms with Gasteiger partial charge in [-0.3, -0.25) is 14.8 Å². The Bertz CT molecular complexity index is 1150. The highest BCUT2D eigenvalue weighted by Gasteiger charge is 2.44. The summed E-state index contributed by atoms with van der Waals surface area (Å²) in [4.78, 5) is 22.1. The number of piperidine rings is 3. The quantitative estimate of drug-likeness (QED) is 0.475. The summed E-state index contributed by atoms with van der Waals surface area (Å²) in [5, 5.41) is 0.969. The second-order valence-corrected chi connectivity index (χ2v) is 9.50. The average Bonchev–Trinajstić information content (AvgIpc) is 2.91. The van der Waals surface area contributed by atoms with E-state index >= 15 is 0 Å². The van der Waals surface area contributed by atoms with Crippen LogP contribution in [0.5, 0.6) is 5.75 Å². The monoisotopic (exact) mass is 459 g/mol. The van der Waals surface area contributed by atoms with E-state index in [0.29, 0.717) is 5.92 Å². The first-order valence-electron chi connectivity index (χ1n) is 12.2. The molecule has 6 rings (SSSR count). The van der Waals surface area contributed by atoms with Crippen molar-refractivity contribution in [2.75, 3.05) is 32.1 Å². The molecule has 2 bridgehead atoms. The summed E-state index contributed by atoms with van der Waals surface area (Å²) in [6.45, 7) is 4.41. The third-order valence-corrected chi connectivity index (χ3v) is 7.74. The normalized spacial score (nSPS) is 24.6. The van der Waals surface area contributed by atoms with Crippen molar-refractivity contribution in [3.63, 3.8) is 0 Å². The van der Waals surface area contributed by atoms with Crippen molar-refractivity contribution in [1.82, 2.24) is 9.88 Å². The standard InChI is InChI=1S/C28H33N3O3/c1-4-19-18-31-15-13-20(19)16-26(31)27(34-28(32)30(2)21-8-6-5-7-9-21)23-12-14-29-25-11-10-22(33-3)17-24(23)25/h5-12,14,17,19-20,26-27H,4,13,15-16,18H2,1-3H3/t19-,20-,26+,27-/m0/s1. The summed E-state index contributed by atoms with van der Waals surface area (Å²) in [7, 11) is 3.43. The molecule has 0 spiro atoms. The second kappa shape index (κ2) is 9.63. The fraction of sp³-hybridized carbons (Fsp3) is 0.429. The minimum atomic E-state index is -0.392. The number of rotatable bonds is 6. The van der Waals surface area contributed by atoms with Gasteiger partial charge in [0.05, 0.1) is 18.7 Å². The smallest absolute Gasteiger partial charge is 0.414 e. The lowest BCUT2D eigenvalue weighted by atomic mass is 9.72. The number of hydrogen-bond acceptors (Lipinski definition) is 5. The van der Waals surface area contributed by atoms with Crippen LogP contribution < -0.4 is 9.64 Å². The van der Waals surface area contributed by atoms with E-state index < -0.39 is 6.10 Å². The molecule has 34 heavy (non-hydrogen) atoms. The zero-order valence-corrected chi connectivity index (χ0v) is 20.2. The predicted molar refractivity (Wildman–Crippen MR) is 134 cm³/mol. The number of ether oxygens (including phenoxy) is 2. The molecular weight excluding hydrogens is 426 g/mol. The maximum Gasteiger partial charge on any atom is 0.414 e. The number of amides is 1. The lowest BCUT2D eigenvalue weighted by Gasteiger charge is -2.51. The lowest BCUT2D eigenvalue weighted by Crippen LogP contribution is -2.56. The van der Waals surface area contributed by atoms with Gasteiger partial charge in [0.25, 0.3) is 0 Å². The van der Waals surface area contributed by atoms with Crippen LogP contribution in [0.25, 0.3) is 10.9 Å². The maximum atomic E-state index is 13.4. The molecule has 6 heteroatoms. The second-order valence-electron chi connectivity index (χ2n) is 9.50. The summed E-state index contributed by atoms with van der Waals surface area (Å²) in [6.07, 6.45) is 4.54. The van der Waals surface area contributed by atoms with Crippen LogP contribution in [0.15, 0.2) is 60.8 Å². The van der Waals surface area contributed by atoms with Crippen LogP contribution in [-0.4, -0.2) is 49.3 Å². The number of fused-ring (bicyclic) bond motifs is 4. The van der Waals surface area contributed by atoms with E-state index in [1.54, 1.807) is 19.1 Å². The van der Waals surface area contributed by atoms with Crippen molar-refractivity contribution >= 4 is 22.7 Å². The number of nitrogens with zero attached hydrogens (tertiary/aromatic N) is 3. The number of carbonyl (C=O) groups excluding carboxylic acids is 1. The molecule has 1 aromatic heterocycles. The predicted octanol–water partition coefficient (Wildman–Crippen LogP) is 5.68. The molecule has 3 fully saturated rings. The number of para-hydroxylation sites is 1. The first kappa shape index (κ1) is 22.7. The summed E-state index contributed by atoms with van der Waals surface area (Å²) in [5.74, 6) is 2.17. The van der Waals surface area contributed by atoms with E-state index in [2.05, 4.69) is 16.8 Å². The van der Waals surface area contributed by atoms with Crippen molar-refractivity contribution in [3.05, 3.63) is 66.4 Å². The molecule has 3 aromatic rings. The molecule has 6 nitrogen and oxygen atoms in total. The number of pyridine rings is 1. The van der Waals surface area contributed by atoms with Crippen LogP contribution in [0.1, 0.15) is 37.9 Å². The van der Waals surface area contributed by atoms with E-state index in [4.69, 9.17) is 9.47 Å². The molecule has 5 atom stereocenters. The first-order valence-corrected chi connectivity index (χ1v) is 12.2. The van der Waals surface area contributed by atoms with Crippen molar-refractivity contribution in [1.29, 1.82) is 0 Å². The van der Waals surface area contributed by atoms with Crippen molar-refractivity contribution in [2.45, 2.75) is 38.3 Å². The SMILES string of the molecule is CC[C@H]1CN2CC[C@H]1C[C@@H]2[C@@H](OC(=O)N(C)c1ccccc1)c1ccnc2ccc(OC)cc12. The van der Waals surface area contributed by atoms with Crippen LogP contribution in [-0.2, 0) is 4.74 Å². The molecule has 0 radical (unpaired) electrons. The van der Waals surface area contributed by atoms with Crippen molar-refractivity contribution < 1.29 is 14.3 Å². The van der Waals surface area contributed by atoms with Gasteiger partial charge in [-0.15, -0.1) is 0 Å². The molecule has 3 saturated heterocycles. The number of benzene rings is 2. The molecule has 0 N–H and O–H groups in total. The summed E-state index contributed by atoms with van der Waals surface area (Å²) in [6, 6.07) is 17.7. The van der Waals surface area contributed by atoms with Gasteiger partial charge in [-0.25, -0.2) is 4.79 Å². The van der Waals surface area contributed by atoms with Gasteiger partial charge in [-0.2, -0.15) is 0 Å². The third-order valence-electron chi connectivity index (χ3n) is 7.74. The Morgan fingerprint density at radius 2 is 2.03 bits per heavy atom. The van der Waals surface area contributed by atoms with Gasteiger partial charge in [-0.05, 0) is 67.6 Å². The van der Waals surface area contributed by atoms with E-state index in [9.17, 15) is 4.79 Å². The Labute approximate surface area is 201 Å². The topological polar surface area (TPSA) is 54.9 Å². The Hall–Kier alpha value is -3.12. The van der Waals surface area contributed by atoms with Crippen LogP contribution in [0.2, 0.25) is 0 Å². The number of hydrogen-bond donors (Lipinski definition) is 0. The Morgan fingerprint density at radius 3 is 2.74 bits per heavy atom. The fourth-order valence-electron chi connectivity index (χ4n) is 5.77. The van der Waals surface area contributed by atoms with Gasteiger partial charge in [-0.1, -0.05) is 31.5 Å². The van der Waals surface area contributed by atoms with E-state index in [0.717, 1.165) is 53.3 Å². The Balaban J connectivity index is 1.53. The molecular formula is C28H33N3O3. The molecule has 0 saturated carbocycles. The van der Waals surface area contributed by atoms with E-state index in [-0.39, 0.29) is 12.1 Å². The van der Waals surface area contributed by atoms with Gasteiger partial charge in [0.2, 0.25) is 0 Å². The minimum Gasteiger partial charge on any atom is -0.497 e. The Morgan fingerprint density at radius 1 is 1.21 bits per heavy atom.